The third kappa shape index (κ3) is 3.63. The van der Waals surface area contributed by atoms with E-state index in [0.717, 1.165) is 30.5 Å². The van der Waals surface area contributed by atoms with Crippen molar-refractivity contribution in [2.24, 2.45) is 0 Å². The highest BCUT2D eigenvalue weighted by atomic mass is 32.2. The highest BCUT2D eigenvalue weighted by Crippen LogP contribution is 2.23. The Bertz CT molecular complexity index is 710. The fourth-order valence-electron chi connectivity index (χ4n) is 3.39. The maximum absolute atomic E-state index is 12.9. The summed E-state index contributed by atoms with van der Waals surface area (Å²) in [6.07, 6.45) is 2.32. The maximum atomic E-state index is 12.9. The molecule has 0 unspecified atom stereocenters. The van der Waals surface area contributed by atoms with Crippen LogP contribution in [0.5, 0.6) is 0 Å². The molecule has 1 aromatic carbocycles. The van der Waals surface area contributed by atoms with Crippen LogP contribution in [-0.2, 0) is 27.7 Å². The summed E-state index contributed by atoms with van der Waals surface area (Å²) in [6, 6.07) is 5.45. The summed E-state index contributed by atoms with van der Waals surface area (Å²) >= 11 is 0. The lowest BCUT2D eigenvalue weighted by Crippen LogP contribution is -2.34. The van der Waals surface area contributed by atoms with E-state index in [1.54, 1.807) is 17.3 Å². The predicted octanol–water partition coefficient (Wildman–Crippen LogP) is 0.618. The molecule has 6 nitrogen and oxygen atoms in total. The van der Waals surface area contributed by atoms with Crippen LogP contribution in [0.1, 0.15) is 24.5 Å². The van der Waals surface area contributed by atoms with Gasteiger partial charge in [0.2, 0.25) is 15.9 Å². The van der Waals surface area contributed by atoms with Gasteiger partial charge < -0.3 is 10.2 Å². The van der Waals surface area contributed by atoms with Crippen molar-refractivity contribution in [3.8, 4) is 0 Å². The first-order chi connectivity index (χ1) is 11.5. The standard InChI is InChI=1S/C17H25N3O3S/c1-14(21)19-10-5-15-3-4-17(13-16(15)6-11-19)24(22,23)20-9-2-7-18-8-12-20/h3-4,13,18H,2,5-12H2,1H3. The van der Waals surface area contributed by atoms with Crippen molar-refractivity contribution >= 4 is 15.9 Å². The Morgan fingerprint density at radius 3 is 2.54 bits per heavy atom. The quantitative estimate of drug-likeness (QED) is 0.848. The second-order valence-corrected chi connectivity index (χ2v) is 8.38. The van der Waals surface area contributed by atoms with Crippen molar-refractivity contribution in [2.45, 2.75) is 31.1 Å². The first-order valence-electron chi connectivity index (χ1n) is 8.56. The summed E-state index contributed by atoms with van der Waals surface area (Å²) < 4.78 is 27.4. The van der Waals surface area contributed by atoms with Gasteiger partial charge in [0.15, 0.2) is 0 Å². The number of nitrogens with one attached hydrogen (secondary N) is 1. The van der Waals surface area contributed by atoms with Gasteiger partial charge in [-0.15, -0.1) is 0 Å². The van der Waals surface area contributed by atoms with Crippen LogP contribution in [0.2, 0.25) is 0 Å². The van der Waals surface area contributed by atoms with Gasteiger partial charge in [0.1, 0.15) is 0 Å². The molecule has 24 heavy (non-hydrogen) atoms. The van der Waals surface area contributed by atoms with Crippen molar-refractivity contribution < 1.29 is 13.2 Å². The third-order valence-corrected chi connectivity index (χ3v) is 6.76. The molecule has 0 aromatic heterocycles. The zero-order valence-electron chi connectivity index (χ0n) is 14.1. The molecular formula is C17H25N3O3S. The van der Waals surface area contributed by atoms with Crippen LogP contribution in [0, 0.1) is 0 Å². The topological polar surface area (TPSA) is 69.7 Å². The van der Waals surface area contributed by atoms with Gasteiger partial charge in [0, 0.05) is 39.6 Å². The summed E-state index contributed by atoms with van der Waals surface area (Å²) in [5.74, 6) is 0.0766. The Morgan fingerprint density at radius 1 is 1.04 bits per heavy atom. The van der Waals surface area contributed by atoms with Crippen molar-refractivity contribution in [3.05, 3.63) is 29.3 Å². The molecule has 2 aliphatic rings. The Labute approximate surface area is 143 Å². The number of carbonyl (C=O) groups is 1. The second-order valence-electron chi connectivity index (χ2n) is 6.44. The minimum Gasteiger partial charge on any atom is -0.342 e. The number of benzene rings is 1. The van der Waals surface area contributed by atoms with Crippen LogP contribution in [0.4, 0.5) is 0 Å². The van der Waals surface area contributed by atoms with E-state index in [1.807, 2.05) is 17.0 Å². The molecule has 0 spiro atoms. The van der Waals surface area contributed by atoms with E-state index < -0.39 is 10.0 Å². The number of carbonyl (C=O) groups excluding carboxylic acids is 1. The van der Waals surface area contributed by atoms with Gasteiger partial charge in [-0.2, -0.15) is 4.31 Å². The van der Waals surface area contributed by atoms with Gasteiger partial charge in [-0.1, -0.05) is 6.07 Å². The molecule has 1 saturated heterocycles. The van der Waals surface area contributed by atoms with E-state index >= 15 is 0 Å². The zero-order valence-corrected chi connectivity index (χ0v) is 14.9. The van der Waals surface area contributed by atoms with Crippen LogP contribution >= 0.6 is 0 Å². The maximum Gasteiger partial charge on any atom is 0.243 e. The average molecular weight is 351 g/mol. The van der Waals surface area contributed by atoms with E-state index in [0.29, 0.717) is 44.0 Å². The van der Waals surface area contributed by atoms with Gasteiger partial charge in [0.05, 0.1) is 4.90 Å². The molecule has 1 N–H and O–H groups in total. The number of hydrogen-bond acceptors (Lipinski definition) is 4. The van der Waals surface area contributed by atoms with Gasteiger partial charge >= 0.3 is 0 Å². The molecule has 0 aliphatic carbocycles. The minimum absolute atomic E-state index is 0.0766. The smallest absolute Gasteiger partial charge is 0.243 e. The molecule has 2 heterocycles. The number of sulfonamides is 1. The molecule has 0 bridgehead atoms. The molecule has 1 fully saturated rings. The van der Waals surface area contributed by atoms with Crippen LogP contribution in [0.25, 0.3) is 0 Å². The summed E-state index contributed by atoms with van der Waals surface area (Å²) in [4.78, 5) is 13.8. The lowest BCUT2D eigenvalue weighted by atomic mass is 10.0. The Balaban J connectivity index is 1.84. The van der Waals surface area contributed by atoms with Crippen molar-refractivity contribution in [3.63, 3.8) is 0 Å². The normalized spacial score (nSPS) is 20.1. The van der Waals surface area contributed by atoms with E-state index in [-0.39, 0.29) is 5.91 Å². The summed E-state index contributed by atoms with van der Waals surface area (Å²) in [5.41, 5.74) is 2.20. The molecule has 0 atom stereocenters. The molecule has 1 amide bonds. The van der Waals surface area contributed by atoms with Crippen LogP contribution < -0.4 is 5.32 Å². The Hall–Kier alpha value is -1.44. The van der Waals surface area contributed by atoms with Gasteiger partial charge in [0.25, 0.3) is 0 Å². The number of hydrogen-bond donors (Lipinski definition) is 1. The third-order valence-electron chi connectivity index (χ3n) is 4.86. The molecule has 3 rings (SSSR count). The van der Waals surface area contributed by atoms with E-state index in [4.69, 9.17) is 0 Å². The lowest BCUT2D eigenvalue weighted by molar-refractivity contribution is -0.128. The molecule has 2 aliphatic heterocycles. The van der Waals surface area contributed by atoms with Crippen LogP contribution in [0.3, 0.4) is 0 Å². The lowest BCUT2D eigenvalue weighted by Gasteiger charge is -2.20. The number of fused-ring (bicyclic) bond motifs is 1. The van der Waals surface area contributed by atoms with E-state index in [9.17, 15) is 13.2 Å². The average Bonchev–Trinajstić information content (AvgIpc) is 2.95. The van der Waals surface area contributed by atoms with E-state index in [1.165, 1.54) is 0 Å². The largest absolute Gasteiger partial charge is 0.342 e. The Morgan fingerprint density at radius 2 is 1.79 bits per heavy atom. The highest BCUT2D eigenvalue weighted by molar-refractivity contribution is 7.89. The summed E-state index contributed by atoms with van der Waals surface area (Å²) in [7, 11) is -3.45. The predicted molar refractivity (Wildman–Crippen MR) is 92.3 cm³/mol. The van der Waals surface area contributed by atoms with Crippen molar-refractivity contribution in [1.82, 2.24) is 14.5 Å². The molecule has 7 heteroatoms. The molecule has 1 aromatic rings. The van der Waals surface area contributed by atoms with Crippen LogP contribution in [0.15, 0.2) is 23.1 Å². The summed E-state index contributed by atoms with van der Waals surface area (Å²) in [5, 5.41) is 3.23. The second kappa shape index (κ2) is 7.21. The van der Waals surface area contributed by atoms with Gasteiger partial charge in [-0.25, -0.2) is 8.42 Å². The molecule has 0 saturated carbocycles. The van der Waals surface area contributed by atoms with Gasteiger partial charge in [-0.3, -0.25) is 4.79 Å². The SMILES string of the molecule is CC(=O)N1CCc2ccc(S(=O)(=O)N3CCCNCC3)cc2CC1. The minimum atomic E-state index is -3.45. The fourth-order valence-corrected chi connectivity index (χ4v) is 4.92. The van der Waals surface area contributed by atoms with E-state index in [2.05, 4.69) is 5.32 Å². The zero-order chi connectivity index (χ0) is 17.2. The molecule has 132 valence electrons. The monoisotopic (exact) mass is 351 g/mol. The first kappa shape index (κ1) is 17.4. The number of rotatable bonds is 2. The van der Waals surface area contributed by atoms with Crippen molar-refractivity contribution in [1.29, 1.82) is 0 Å². The summed E-state index contributed by atoms with van der Waals surface area (Å²) in [6.45, 7) is 5.56. The number of amides is 1. The molecule has 0 radical (unpaired) electrons. The van der Waals surface area contributed by atoms with Crippen molar-refractivity contribution in [2.75, 3.05) is 39.3 Å². The van der Waals surface area contributed by atoms with Crippen LogP contribution in [-0.4, -0.2) is 62.8 Å². The first-order valence-corrected chi connectivity index (χ1v) is 10.0. The van der Waals surface area contributed by atoms with Gasteiger partial charge in [-0.05, 0) is 49.1 Å². The number of nitrogens with zero attached hydrogens (tertiary/aromatic N) is 2. The fraction of sp³-hybridized carbons (Fsp3) is 0.588. The molecular weight excluding hydrogens is 326 g/mol. The Kier molecular flexibility index (Phi) is 5.22. The highest BCUT2D eigenvalue weighted by Gasteiger charge is 2.26.